The number of primary amides is 1. The highest BCUT2D eigenvalue weighted by Crippen LogP contribution is 2.30. The molecule has 2 heterocycles. The summed E-state index contributed by atoms with van der Waals surface area (Å²) in [4.78, 5) is 165. The van der Waals surface area contributed by atoms with Crippen LogP contribution < -0.4 is 37.6 Å². The van der Waals surface area contributed by atoms with Crippen molar-refractivity contribution in [1.82, 2.24) is 46.2 Å². The molecule has 0 bridgehead atoms. The summed E-state index contributed by atoms with van der Waals surface area (Å²) < 4.78 is 17.7. The minimum absolute atomic E-state index is 0.0752. The lowest BCUT2D eigenvalue weighted by molar-refractivity contribution is -0.148. The summed E-state index contributed by atoms with van der Waals surface area (Å²) in [7, 11) is 5.96. The van der Waals surface area contributed by atoms with E-state index in [0.717, 1.165) is 15.4 Å². The van der Waals surface area contributed by atoms with Crippen molar-refractivity contribution in [2.45, 2.75) is 194 Å². The monoisotopic (exact) mass is 1330 g/mol. The van der Waals surface area contributed by atoms with Gasteiger partial charge in [0.05, 0.1) is 36.6 Å². The predicted molar refractivity (Wildman–Crippen MR) is 354 cm³/mol. The molecule has 11 atom stereocenters. The Labute approximate surface area is 558 Å². The Morgan fingerprint density at radius 1 is 0.695 bits per heavy atom. The van der Waals surface area contributed by atoms with Crippen LogP contribution in [0.1, 0.15) is 138 Å². The van der Waals surface area contributed by atoms with Gasteiger partial charge in [-0.3, -0.25) is 53.0 Å². The summed E-state index contributed by atoms with van der Waals surface area (Å²) in [5.41, 5.74) is 6.83. The van der Waals surface area contributed by atoms with Gasteiger partial charge in [-0.2, -0.15) is 0 Å². The highest BCUT2D eigenvalue weighted by atomic mass is 16.6. The van der Waals surface area contributed by atoms with Crippen molar-refractivity contribution >= 4 is 76.9 Å². The molecular formula is C68H103N11O16. The van der Waals surface area contributed by atoms with Gasteiger partial charge in [-0.05, 0) is 85.5 Å². The van der Waals surface area contributed by atoms with Gasteiger partial charge in [0, 0.05) is 78.6 Å². The second-order valence-corrected chi connectivity index (χ2v) is 25.7. The third-order valence-electron chi connectivity index (χ3n) is 17.6. The van der Waals surface area contributed by atoms with E-state index in [0.29, 0.717) is 56.3 Å². The molecule has 2 aromatic carbocycles. The van der Waals surface area contributed by atoms with E-state index in [1.165, 1.54) is 38.3 Å². The number of methoxy groups -OCH3 is 2. The number of carbonyl (C=O) groups excluding carboxylic acids is 11. The first-order valence-corrected chi connectivity index (χ1v) is 32.9. The number of anilines is 1. The molecule has 0 radical (unpaired) electrons. The molecule has 0 aromatic heterocycles. The Balaban J connectivity index is 1.38. The number of ether oxygens (including phenoxy) is 3. The van der Waals surface area contributed by atoms with Crippen molar-refractivity contribution in [3.05, 3.63) is 77.9 Å². The lowest BCUT2D eigenvalue weighted by Gasteiger charge is -2.41. The largest absolute Gasteiger partial charge is 0.480 e. The Hall–Kier alpha value is -8.46. The van der Waals surface area contributed by atoms with Gasteiger partial charge in [0.25, 0.3) is 11.8 Å². The van der Waals surface area contributed by atoms with E-state index in [1.54, 1.807) is 109 Å². The molecule has 0 spiro atoms. The van der Waals surface area contributed by atoms with E-state index >= 15 is 0 Å². The topological polar surface area (TPSA) is 364 Å². The summed E-state index contributed by atoms with van der Waals surface area (Å²) in [6.45, 7) is 16.6. The van der Waals surface area contributed by atoms with E-state index in [-0.39, 0.29) is 81.4 Å². The van der Waals surface area contributed by atoms with E-state index < -0.39 is 126 Å². The number of likely N-dealkylation sites (tertiary alicyclic amines) is 1. The summed E-state index contributed by atoms with van der Waals surface area (Å²) in [6.07, 6.45) is 3.58. The first-order chi connectivity index (χ1) is 44.9. The Morgan fingerprint density at radius 3 is 1.89 bits per heavy atom. The zero-order valence-corrected chi connectivity index (χ0v) is 57.5. The number of nitrogens with one attached hydrogen (secondary N) is 6. The maximum atomic E-state index is 14.8. The van der Waals surface area contributed by atoms with E-state index in [9.17, 15) is 62.6 Å². The molecule has 27 heteroatoms. The van der Waals surface area contributed by atoms with Crippen LogP contribution in [0.15, 0.2) is 66.7 Å². The molecule has 1 fully saturated rings. The van der Waals surface area contributed by atoms with Crippen molar-refractivity contribution in [2.75, 3.05) is 53.3 Å². The number of aliphatic carboxylic acids is 1. The molecule has 2 aliphatic heterocycles. The van der Waals surface area contributed by atoms with Crippen LogP contribution in [-0.4, -0.2) is 198 Å². The standard InChI is InChI=1S/C68H103N11O16/c1-14-43(8)59(51(93-12)38-55(83)78-36-22-26-50(78)60(94-13)44(9)61(84)73-49(66(89)90)37-45-23-17-15-18-24-45)76(10)65(88)57(41(4)5)75-64(87)58(42(6)7)77(11)68(92)95-39-46-28-30-47(31-29-46)71-62(85)48(25-21-34-70-67(69)91)72-63(86)56(40(2)3)74-52(80)27-19-16-20-35-79-53(81)32-33-54(79)82/h15,17-18,23-24,28-33,40-44,48-51,56-60H,14,16,19-22,25-27,34-39H2,1-13H3,(H,71,85)(H,72,86)(H,73,84)(H,74,80)(H,75,87)(H,89,90)(H3,69,70,91)/t43-,44-,48+,49+,50+,51-,56+,57+,58+,59+,60-/m1/s1. The Kier molecular flexibility index (Phi) is 32.2. The zero-order valence-electron chi connectivity index (χ0n) is 57.5. The number of unbranched alkanes of at least 4 members (excludes halogenated alkanes) is 2. The van der Waals surface area contributed by atoms with Crippen LogP contribution in [0.4, 0.5) is 15.3 Å². The summed E-state index contributed by atoms with van der Waals surface area (Å²) in [6, 6.07) is 7.86. The number of hydrogen-bond donors (Lipinski definition) is 8. The average Bonchev–Trinajstić information content (AvgIpc) is 1.81. The molecule has 1 saturated heterocycles. The molecule has 9 N–H and O–H groups in total. The van der Waals surface area contributed by atoms with Gasteiger partial charge >= 0.3 is 18.1 Å². The molecule has 0 saturated carbocycles. The maximum Gasteiger partial charge on any atom is 0.410 e. The van der Waals surface area contributed by atoms with Crippen molar-refractivity contribution < 1.29 is 76.9 Å². The van der Waals surface area contributed by atoms with Gasteiger partial charge in [-0.1, -0.05) is 118 Å². The normalized spacial score (nSPS) is 16.9. The molecule has 0 aliphatic carbocycles. The fourth-order valence-electron chi connectivity index (χ4n) is 12.0. The lowest BCUT2D eigenvalue weighted by atomic mass is 9.89. The molecule has 95 heavy (non-hydrogen) atoms. The number of likely N-dealkylation sites (N-methyl/N-ethyl adjacent to an activating group) is 2. The number of nitrogens with two attached hydrogens (primary N) is 1. The number of hydrogen-bond acceptors (Lipinski definition) is 15. The van der Waals surface area contributed by atoms with Crippen molar-refractivity contribution in [3.63, 3.8) is 0 Å². The number of rotatable bonds is 39. The molecule has 4 rings (SSSR count). The van der Waals surface area contributed by atoms with E-state index in [4.69, 9.17) is 19.9 Å². The van der Waals surface area contributed by atoms with Crippen LogP contribution in [0.2, 0.25) is 0 Å². The minimum Gasteiger partial charge on any atom is -0.480 e. The highest BCUT2D eigenvalue weighted by molar-refractivity contribution is 6.12. The van der Waals surface area contributed by atoms with E-state index in [1.807, 2.05) is 19.9 Å². The SMILES string of the molecule is CC[C@@H](C)[C@@H]([C@@H](CC(=O)N1CCC[C@H]1[C@H](OC)[C@@H](C)C(=O)N[C@@H](Cc1ccccc1)C(=O)O)OC)N(C)C(=O)[C@@H](NC(=O)[C@H](C(C)C)N(C)C(=O)OCc1ccc(NC(=O)[C@H](CCCNC(N)=O)NC(=O)[C@@H](NC(=O)CCCCCN2C(=O)C=CC2=O)C(C)C)cc1)C(C)C. The molecule has 27 nitrogen and oxygen atoms in total. The fraction of sp³-hybridized carbons (Fsp3) is 0.618. The lowest BCUT2D eigenvalue weighted by Crippen LogP contribution is -2.60. The summed E-state index contributed by atoms with van der Waals surface area (Å²) in [5, 5.41) is 26.4. The maximum absolute atomic E-state index is 14.8. The fourth-order valence-corrected chi connectivity index (χ4v) is 12.0. The van der Waals surface area contributed by atoms with Crippen molar-refractivity contribution in [2.24, 2.45) is 35.3 Å². The van der Waals surface area contributed by atoms with Crippen molar-refractivity contribution in [3.8, 4) is 0 Å². The third-order valence-corrected chi connectivity index (χ3v) is 17.6. The second kappa shape index (κ2) is 38.8. The van der Waals surface area contributed by atoms with Crippen LogP contribution in [0.3, 0.4) is 0 Å². The zero-order chi connectivity index (χ0) is 70.8. The van der Waals surface area contributed by atoms with Gasteiger partial charge in [0.15, 0.2) is 0 Å². The van der Waals surface area contributed by atoms with Crippen LogP contribution >= 0.6 is 0 Å². The Morgan fingerprint density at radius 2 is 1.33 bits per heavy atom. The van der Waals surface area contributed by atoms with Gasteiger partial charge in [0.2, 0.25) is 41.4 Å². The first kappa shape index (κ1) is 79.0. The smallest absolute Gasteiger partial charge is 0.410 e. The van der Waals surface area contributed by atoms with E-state index in [2.05, 4.69) is 31.9 Å². The van der Waals surface area contributed by atoms with Crippen LogP contribution in [0.25, 0.3) is 0 Å². The quantitative estimate of drug-likeness (QED) is 0.0333. The molecule has 2 aliphatic rings. The van der Waals surface area contributed by atoms with Crippen molar-refractivity contribution in [1.29, 1.82) is 0 Å². The minimum atomic E-state index is -1.19. The van der Waals surface area contributed by atoms with Crippen LogP contribution in [0.5, 0.6) is 0 Å². The van der Waals surface area contributed by atoms with Gasteiger partial charge < -0.3 is 66.8 Å². The van der Waals surface area contributed by atoms with Crippen LogP contribution in [-0.2, 0) is 75.2 Å². The van der Waals surface area contributed by atoms with Gasteiger partial charge in [-0.25, -0.2) is 14.4 Å². The summed E-state index contributed by atoms with van der Waals surface area (Å²) >= 11 is 0. The summed E-state index contributed by atoms with van der Waals surface area (Å²) in [5.74, 6) is -7.74. The molecular weight excluding hydrogens is 1230 g/mol. The number of carboxylic acid groups (broad SMARTS) is 1. The molecule has 0 unspecified atom stereocenters. The second-order valence-electron chi connectivity index (χ2n) is 25.7. The number of imide groups is 1. The number of carbonyl (C=O) groups is 12. The highest BCUT2D eigenvalue weighted by Gasteiger charge is 2.44. The average molecular weight is 1330 g/mol. The number of benzene rings is 2. The van der Waals surface area contributed by atoms with Gasteiger partial charge in [0.1, 0.15) is 36.8 Å². The third kappa shape index (κ3) is 23.8. The number of amides is 12. The number of nitrogens with zero attached hydrogens (tertiary/aromatic N) is 4. The molecule has 12 amide bonds. The number of urea groups is 1. The first-order valence-electron chi connectivity index (χ1n) is 32.9. The molecule has 2 aromatic rings. The Bertz CT molecular complexity index is 2950. The molecule has 526 valence electrons. The van der Waals surface area contributed by atoms with Gasteiger partial charge in [-0.15, -0.1) is 0 Å². The number of carboxylic acids is 1. The predicted octanol–water partition coefficient (Wildman–Crippen LogP) is 4.65. The van der Waals surface area contributed by atoms with Crippen LogP contribution in [0, 0.1) is 29.6 Å².